The summed E-state index contributed by atoms with van der Waals surface area (Å²) in [7, 11) is 0. The van der Waals surface area contributed by atoms with E-state index < -0.39 is 40.2 Å². The van der Waals surface area contributed by atoms with Gasteiger partial charge in [0.25, 0.3) is 11.8 Å². The summed E-state index contributed by atoms with van der Waals surface area (Å²) < 4.78 is 28.5. The largest absolute Gasteiger partial charge is 0.503 e. The number of nitrogens with one attached hydrogen (secondary N) is 1. The van der Waals surface area contributed by atoms with Crippen LogP contribution >= 0.6 is 0 Å². The molecule has 5 rings (SSSR count). The number of benzene rings is 1. The predicted molar refractivity (Wildman–Crippen MR) is 101 cm³/mol. The molecule has 1 saturated carbocycles. The summed E-state index contributed by atoms with van der Waals surface area (Å²) in [6, 6.07) is 2.98. The highest BCUT2D eigenvalue weighted by atomic mass is 19.1. The summed E-state index contributed by atoms with van der Waals surface area (Å²) in [5, 5.41) is 13.0. The van der Waals surface area contributed by atoms with E-state index in [4.69, 9.17) is 0 Å². The lowest BCUT2D eigenvalue weighted by Gasteiger charge is -2.36. The standard InChI is InChI=1S/C21H19F2N3O4/c22-13-4-3-11(15(23)6-13)8-24-19(29)14-9-26-16(18(28)17(14)27)20(30)25-5-1-2-12-7-21(12,26)10-25/h3-4,6,9,12,28H,1-2,5,7-8,10H2,(H,24,29)/t12-,21+/m1/s1. The molecule has 1 aromatic heterocycles. The molecule has 2 aliphatic heterocycles. The Labute approximate surface area is 169 Å². The van der Waals surface area contributed by atoms with Crippen molar-refractivity contribution in [3.05, 3.63) is 63.1 Å². The van der Waals surface area contributed by atoms with E-state index in [9.17, 15) is 28.3 Å². The van der Waals surface area contributed by atoms with Crippen LogP contribution in [0.15, 0.2) is 29.2 Å². The number of pyridine rings is 1. The Morgan fingerprint density at radius 3 is 2.87 bits per heavy atom. The summed E-state index contributed by atoms with van der Waals surface area (Å²) >= 11 is 0. The highest BCUT2D eigenvalue weighted by Crippen LogP contribution is 2.57. The highest BCUT2D eigenvalue weighted by Gasteiger charge is 2.61. The molecular formula is C21H19F2N3O4. The molecule has 1 aliphatic carbocycles. The van der Waals surface area contributed by atoms with E-state index >= 15 is 0 Å². The van der Waals surface area contributed by atoms with Gasteiger partial charge in [-0.05, 0) is 31.2 Å². The fraction of sp³-hybridized carbons (Fsp3) is 0.381. The average molecular weight is 415 g/mol. The lowest BCUT2D eigenvalue weighted by atomic mass is 10.0. The Bertz CT molecular complexity index is 1160. The van der Waals surface area contributed by atoms with E-state index in [2.05, 4.69) is 5.32 Å². The Morgan fingerprint density at radius 1 is 1.30 bits per heavy atom. The third kappa shape index (κ3) is 2.64. The van der Waals surface area contributed by atoms with Gasteiger partial charge in [-0.3, -0.25) is 14.4 Å². The van der Waals surface area contributed by atoms with Crippen molar-refractivity contribution in [2.24, 2.45) is 5.92 Å². The molecule has 2 N–H and O–H groups in total. The first kappa shape index (κ1) is 18.8. The predicted octanol–water partition coefficient (Wildman–Crippen LogP) is 1.73. The van der Waals surface area contributed by atoms with Crippen LogP contribution in [-0.2, 0) is 12.1 Å². The second-order valence-corrected chi connectivity index (χ2v) is 8.23. The van der Waals surface area contributed by atoms with E-state index in [-0.39, 0.29) is 23.4 Å². The van der Waals surface area contributed by atoms with Crippen LogP contribution in [0, 0.1) is 17.6 Å². The molecule has 2 atom stereocenters. The van der Waals surface area contributed by atoms with Gasteiger partial charge < -0.3 is 19.9 Å². The van der Waals surface area contributed by atoms with Crippen molar-refractivity contribution in [3.8, 4) is 5.75 Å². The Kier molecular flexibility index (Phi) is 4.00. The van der Waals surface area contributed by atoms with Gasteiger partial charge in [0.2, 0.25) is 5.43 Å². The molecule has 0 unspecified atom stereocenters. The maximum absolute atomic E-state index is 13.8. The maximum Gasteiger partial charge on any atom is 0.274 e. The number of amides is 2. The molecule has 3 aliphatic rings. The topological polar surface area (TPSA) is 91.6 Å². The van der Waals surface area contributed by atoms with Crippen molar-refractivity contribution < 1.29 is 23.5 Å². The van der Waals surface area contributed by atoms with E-state index in [1.165, 1.54) is 12.3 Å². The molecule has 1 saturated heterocycles. The number of halogens is 2. The third-order valence-corrected chi connectivity index (χ3v) is 6.50. The van der Waals surface area contributed by atoms with Gasteiger partial charge in [-0.1, -0.05) is 6.07 Å². The Balaban J connectivity index is 1.50. The van der Waals surface area contributed by atoms with E-state index in [1.807, 2.05) is 0 Å². The molecule has 2 bridgehead atoms. The average Bonchev–Trinajstić information content (AvgIpc) is 3.41. The number of hydrogen-bond acceptors (Lipinski definition) is 4. The number of aromatic hydroxyl groups is 1. The van der Waals surface area contributed by atoms with Gasteiger partial charge in [0.1, 0.15) is 17.2 Å². The molecule has 156 valence electrons. The van der Waals surface area contributed by atoms with Crippen LogP contribution in [0.5, 0.6) is 5.75 Å². The minimum atomic E-state index is -0.944. The summed E-state index contributed by atoms with van der Waals surface area (Å²) in [6.07, 6.45) is 3.94. The lowest BCUT2D eigenvalue weighted by Crippen LogP contribution is -2.49. The van der Waals surface area contributed by atoms with Crippen molar-refractivity contribution in [3.63, 3.8) is 0 Å². The Hall–Kier alpha value is -3.23. The summed E-state index contributed by atoms with van der Waals surface area (Å²) in [5.74, 6) is -3.18. The zero-order valence-corrected chi connectivity index (χ0v) is 16.0. The van der Waals surface area contributed by atoms with Gasteiger partial charge in [0.05, 0.1) is 5.54 Å². The minimum absolute atomic E-state index is 0.0578. The van der Waals surface area contributed by atoms with Crippen molar-refractivity contribution in [2.45, 2.75) is 31.3 Å². The molecular weight excluding hydrogens is 396 g/mol. The number of carbonyl (C=O) groups excluding carboxylic acids is 2. The van der Waals surface area contributed by atoms with Crippen LogP contribution in [0.3, 0.4) is 0 Å². The number of aromatic nitrogens is 1. The quantitative estimate of drug-likeness (QED) is 0.799. The molecule has 3 heterocycles. The van der Waals surface area contributed by atoms with Crippen LogP contribution in [0.4, 0.5) is 8.78 Å². The van der Waals surface area contributed by atoms with Crippen molar-refractivity contribution in [1.82, 2.24) is 14.8 Å². The zero-order valence-electron chi connectivity index (χ0n) is 16.0. The number of hydrogen-bond donors (Lipinski definition) is 2. The fourth-order valence-electron chi connectivity index (χ4n) is 4.82. The van der Waals surface area contributed by atoms with Crippen molar-refractivity contribution >= 4 is 11.8 Å². The first-order chi connectivity index (χ1) is 14.3. The number of nitrogens with zero attached hydrogens (tertiary/aromatic N) is 2. The monoisotopic (exact) mass is 415 g/mol. The molecule has 2 fully saturated rings. The number of carbonyl (C=O) groups is 2. The molecule has 9 heteroatoms. The molecule has 30 heavy (non-hydrogen) atoms. The SMILES string of the molecule is O=C(NCc1ccc(F)cc1F)c1cn2c(c(O)c1=O)C(=O)N1CCC[C@@H]3C[C@]32C1. The van der Waals surface area contributed by atoms with Crippen molar-refractivity contribution in [2.75, 3.05) is 13.1 Å². The molecule has 0 radical (unpaired) electrons. The van der Waals surface area contributed by atoms with Gasteiger partial charge in [0, 0.05) is 37.5 Å². The first-order valence-corrected chi connectivity index (χ1v) is 9.82. The van der Waals surface area contributed by atoms with Crippen molar-refractivity contribution in [1.29, 1.82) is 0 Å². The van der Waals surface area contributed by atoms with Crippen LogP contribution in [0.1, 0.15) is 45.7 Å². The van der Waals surface area contributed by atoms with Gasteiger partial charge in [-0.15, -0.1) is 0 Å². The molecule has 2 amide bonds. The first-order valence-electron chi connectivity index (χ1n) is 9.82. The van der Waals surface area contributed by atoms with Crippen LogP contribution in [0.25, 0.3) is 0 Å². The van der Waals surface area contributed by atoms with Crippen LogP contribution in [-0.4, -0.2) is 39.5 Å². The second-order valence-electron chi connectivity index (χ2n) is 8.23. The van der Waals surface area contributed by atoms with E-state index in [0.29, 0.717) is 25.1 Å². The van der Waals surface area contributed by atoms with Gasteiger partial charge in [-0.2, -0.15) is 0 Å². The lowest BCUT2D eigenvalue weighted by molar-refractivity contribution is 0.0650. The molecule has 7 nitrogen and oxygen atoms in total. The van der Waals surface area contributed by atoms with E-state index in [1.54, 1.807) is 9.47 Å². The summed E-state index contributed by atoms with van der Waals surface area (Å²) in [5.41, 5.74) is -1.67. The third-order valence-electron chi connectivity index (χ3n) is 6.50. The molecule has 2 aromatic rings. The number of rotatable bonds is 3. The number of fused-ring (bicyclic) bond motifs is 2. The fourth-order valence-corrected chi connectivity index (χ4v) is 4.82. The Morgan fingerprint density at radius 2 is 2.10 bits per heavy atom. The summed E-state index contributed by atoms with van der Waals surface area (Å²) in [6.45, 7) is 0.817. The van der Waals surface area contributed by atoms with Gasteiger partial charge >= 0.3 is 0 Å². The minimum Gasteiger partial charge on any atom is -0.503 e. The highest BCUT2D eigenvalue weighted by molar-refractivity contribution is 5.99. The zero-order chi connectivity index (χ0) is 21.2. The molecule has 1 aromatic carbocycles. The summed E-state index contributed by atoms with van der Waals surface area (Å²) in [4.78, 5) is 39.8. The normalized spacial score (nSPS) is 24.0. The smallest absolute Gasteiger partial charge is 0.274 e. The van der Waals surface area contributed by atoms with Gasteiger partial charge in [0.15, 0.2) is 11.4 Å². The van der Waals surface area contributed by atoms with Crippen LogP contribution < -0.4 is 10.7 Å². The van der Waals surface area contributed by atoms with Gasteiger partial charge in [-0.25, -0.2) is 8.78 Å². The molecule has 1 spiro atoms. The van der Waals surface area contributed by atoms with E-state index in [0.717, 1.165) is 25.3 Å². The second kappa shape index (κ2) is 6.38. The maximum atomic E-state index is 13.8. The van der Waals surface area contributed by atoms with Crippen LogP contribution in [0.2, 0.25) is 0 Å².